The quantitative estimate of drug-likeness (QED) is 0.425. The minimum atomic E-state index is -4.44. The molecule has 1 rings (SSSR count). The van der Waals surface area contributed by atoms with E-state index in [2.05, 4.69) is 9.05 Å². The van der Waals surface area contributed by atoms with Crippen LogP contribution in [0.2, 0.25) is 0 Å². The fourth-order valence-corrected chi connectivity index (χ4v) is 1.31. The number of carbonyl (C=O) groups is 2. The zero-order chi connectivity index (χ0) is 8.48. The first-order chi connectivity index (χ1) is 4.99. The first kappa shape index (κ1) is 12.1. The fourth-order valence-electron chi connectivity index (χ4n) is 0.571. The third-order valence-corrected chi connectivity index (χ3v) is 1.84. The Hall–Kier alpha value is 0.130. The Bertz CT molecular complexity index is 228. The van der Waals surface area contributed by atoms with Gasteiger partial charge >= 0.3 is 19.8 Å². The van der Waals surface area contributed by atoms with Crippen LogP contribution in [0, 0.1) is 0 Å². The Balaban J connectivity index is 0.00000121. The summed E-state index contributed by atoms with van der Waals surface area (Å²) < 4.78 is 18.3. The zero-order valence-electron chi connectivity index (χ0n) is 6.35. The zero-order valence-corrected chi connectivity index (χ0v) is 9.24. The van der Waals surface area contributed by atoms with E-state index in [4.69, 9.17) is 4.89 Å². The SMILES string of the molecule is O=C1CCC(=O)OP(=O)(O)O1.[Na]. The number of phosphoric ester groups is 1. The van der Waals surface area contributed by atoms with Crippen LogP contribution in [-0.2, 0) is 23.2 Å². The first-order valence-electron chi connectivity index (χ1n) is 2.77. The van der Waals surface area contributed by atoms with Gasteiger partial charge in [0.15, 0.2) is 0 Å². The van der Waals surface area contributed by atoms with E-state index >= 15 is 0 Å². The minimum Gasteiger partial charge on any atom is -0.361 e. The van der Waals surface area contributed by atoms with E-state index < -0.39 is 19.8 Å². The van der Waals surface area contributed by atoms with Crippen molar-refractivity contribution in [3.05, 3.63) is 0 Å². The van der Waals surface area contributed by atoms with E-state index in [1.54, 1.807) is 0 Å². The van der Waals surface area contributed by atoms with Gasteiger partial charge in [-0.15, -0.1) is 0 Å². The maximum atomic E-state index is 10.5. The second-order valence-corrected chi connectivity index (χ2v) is 3.20. The van der Waals surface area contributed by atoms with E-state index in [0.29, 0.717) is 0 Å². The van der Waals surface area contributed by atoms with Gasteiger partial charge < -0.3 is 9.05 Å². The molecule has 0 aliphatic carbocycles. The Morgan fingerprint density at radius 3 is 1.83 bits per heavy atom. The molecular weight excluding hydrogens is 198 g/mol. The maximum absolute atomic E-state index is 10.5. The van der Waals surface area contributed by atoms with Crippen LogP contribution in [0.15, 0.2) is 0 Å². The van der Waals surface area contributed by atoms with Crippen molar-refractivity contribution >= 4 is 49.3 Å². The second-order valence-electron chi connectivity index (χ2n) is 1.90. The number of hydrogen-bond acceptors (Lipinski definition) is 5. The normalized spacial score (nSPS) is 21.4. The van der Waals surface area contributed by atoms with Crippen molar-refractivity contribution in [2.24, 2.45) is 0 Å². The van der Waals surface area contributed by atoms with Crippen LogP contribution in [-0.4, -0.2) is 46.4 Å². The molecule has 63 valence electrons. The van der Waals surface area contributed by atoms with E-state index in [1.807, 2.05) is 0 Å². The summed E-state index contributed by atoms with van der Waals surface area (Å²) in [6, 6.07) is 0. The molecule has 0 bridgehead atoms. The molecule has 12 heavy (non-hydrogen) atoms. The van der Waals surface area contributed by atoms with Gasteiger partial charge in [0.2, 0.25) is 0 Å². The topological polar surface area (TPSA) is 89.9 Å². The molecule has 1 aliphatic rings. The Kier molecular flexibility index (Phi) is 4.44. The van der Waals surface area contributed by atoms with Crippen molar-refractivity contribution in [2.45, 2.75) is 12.8 Å². The van der Waals surface area contributed by atoms with Gasteiger partial charge in [-0.05, 0) is 0 Å². The molecule has 1 radical (unpaired) electrons. The monoisotopic (exact) mass is 203 g/mol. The Labute approximate surface area is 90.1 Å². The molecule has 1 fully saturated rings. The summed E-state index contributed by atoms with van der Waals surface area (Å²) in [5.41, 5.74) is 0. The summed E-state index contributed by atoms with van der Waals surface area (Å²) in [5.74, 6) is -1.80. The largest absolute Gasteiger partial charge is 0.589 e. The molecule has 1 heterocycles. The van der Waals surface area contributed by atoms with Gasteiger partial charge in [-0.3, -0.25) is 14.5 Å². The number of carbonyl (C=O) groups excluding carboxylic acids is 2. The third-order valence-electron chi connectivity index (χ3n) is 0.968. The molecule has 0 spiro atoms. The Morgan fingerprint density at radius 1 is 1.17 bits per heavy atom. The molecule has 0 aromatic rings. The summed E-state index contributed by atoms with van der Waals surface area (Å²) in [6.45, 7) is 0. The molecular formula is C4H5NaO6P. The third kappa shape index (κ3) is 3.69. The summed E-state index contributed by atoms with van der Waals surface area (Å²) >= 11 is 0. The molecule has 0 atom stereocenters. The van der Waals surface area contributed by atoms with Gasteiger partial charge in [0.05, 0.1) is 12.8 Å². The number of rotatable bonds is 0. The van der Waals surface area contributed by atoms with Crippen molar-refractivity contribution < 1.29 is 28.1 Å². The van der Waals surface area contributed by atoms with Crippen LogP contribution in [0.3, 0.4) is 0 Å². The van der Waals surface area contributed by atoms with Crippen LogP contribution < -0.4 is 0 Å². The Morgan fingerprint density at radius 2 is 1.50 bits per heavy atom. The van der Waals surface area contributed by atoms with Gasteiger partial charge in [0, 0.05) is 29.6 Å². The summed E-state index contributed by atoms with van der Waals surface area (Å²) in [7, 11) is -4.44. The van der Waals surface area contributed by atoms with Gasteiger partial charge in [0.1, 0.15) is 0 Å². The summed E-state index contributed by atoms with van der Waals surface area (Å²) in [4.78, 5) is 29.5. The average Bonchev–Trinajstić information content (AvgIpc) is 1.89. The molecule has 1 N–H and O–H groups in total. The van der Waals surface area contributed by atoms with Crippen molar-refractivity contribution in [3.8, 4) is 0 Å². The van der Waals surface area contributed by atoms with Crippen LogP contribution in [0.1, 0.15) is 12.8 Å². The van der Waals surface area contributed by atoms with Crippen LogP contribution in [0.5, 0.6) is 0 Å². The minimum absolute atomic E-state index is 0. The second kappa shape index (κ2) is 4.39. The smallest absolute Gasteiger partial charge is 0.361 e. The predicted molar refractivity (Wildman–Crippen MR) is 37.0 cm³/mol. The predicted octanol–water partition coefficient (Wildman–Crippen LogP) is -0.414. The molecule has 0 amide bonds. The van der Waals surface area contributed by atoms with Crippen LogP contribution in [0.4, 0.5) is 0 Å². The number of hydrogen-bond donors (Lipinski definition) is 1. The van der Waals surface area contributed by atoms with Gasteiger partial charge in [-0.1, -0.05) is 0 Å². The standard InChI is InChI=1S/C4H5O6P.Na/c5-3-1-2-4(6)10-11(7,8)9-3;/h1-2H2,(H,7,8);. The van der Waals surface area contributed by atoms with Crippen molar-refractivity contribution in [2.75, 3.05) is 0 Å². The maximum Gasteiger partial charge on any atom is 0.589 e. The molecule has 1 saturated heterocycles. The van der Waals surface area contributed by atoms with E-state index in [1.165, 1.54) is 0 Å². The molecule has 6 nitrogen and oxygen atoms in total. The molecule has 0 aromatic heterocycles. The summed E-state index contributed by atoms with van der Waals surface area (Å²) in [6.07, 6.45) is -0.438. The number of phosphoric acid groups is 1. The van der Waals surface area contributed by atoms with Gasteiger partial charge in [0.25, 0.3) is 0 Å². The van der Waals surface area contributed by atoms with Gasteiger partial charge in [-0.25, -0.2) is 4.57 Å². The van der Waals surface area contributed by atoms with Crippen LogP contribution >= 0.6 is 7.82 Å². The van der Waals surface area contributed by atoms with Crippen LogP contribution in [0.25, 0.3) is 0 Å². The van der Waals surface area contributed by atoms with Crippen molar-refractivity contribution in [1.82, 2.24) is 0 Å². The van der Waals surface area contributed by atoms with Crippen molar-refractivity contribution in [3.63, 3.8) is 0 Å². The van der Waals surface area contributed by atoms with Crippen molar-refractivity contribution in [1.29, 1.82) is 0 Å². The van der Waals surface area contributed by atoms with Gasteiger partial charge in [-0.2, -0.15) is 0 Å². The summed E-state index contributed by atoms with van der Waals surface area (Å²) in [5, 5.41) is 0. The molecule has 0 aromatic carbocycles. The van der Waals surface area contributed by atoms with E-state index in [-0.39, 0.29) is 42.4 Å². The molecule has 8 heteroatoms. The molecule has 1 aliphatic heterocycles. The van der Waals surface area contributed by atoms with E-state index in [0.717, 1.165) is 0 Å². The first-order valence-corrected chi connectivity index (χ1v) is 4.27. The van der Waals surface area contributed by atoms with E-state index in [9.17, 15) is 14.2 Å². The fraction of sp³-hybridized carbons (Fsp3) is 0.500. The molecule has 0 saturated carbocycles. The molecule has 0 unspecified atom stereocenters. The average molecular weight is 203 g/mol.